The molecule has 0 radical (unpaired) electrons. The molecule has 0 amide bonds. The summed E-state index contributed by atoms with van der Waals surface area (Å²) in [6, 6.07) is 4.63. The highest BCUT2D eigenvalue weighted by Crippen LogP contribution is 2.32. The molecule has 1 heterocycles. The first-order chi connectivity index (χ1) is 8.43. The van der Waals surface area contributed by atoms with Crippen LogP contribution in [0.25, 0.3) is 5.57 Å². The second-order valence-corrected chi connectivity index (χ2v) is 3.74. The van der Waals surface area contributed by atoms with Crippen LogP contribution in [0.1, 0.15) is 11.1 Å². The number of carbonyl (C=O) groups excluding carboxylic acids is 1. The summed E-state index contributed by atoms with van der Waals surface area (Å²) >= 11 is 0. The van der Waals surface area contributed by atoms with E-state index < -0.39 is 11.7 Å². The maximum absolute atomic E-state index is 12.6. The monoisotopic (exact) mass is 257 g/mol. The summed E-state index contributed by atoms with van der Waals surface area (Å²) in [6.07, 6.45) is -4.43. The summed E-state index contributed by atoms with van der Waals surface area (Å²) in [5.74, 6) is -0.127. The van der Waals surface area contributed by atoms with Gasteiger partial charge in [-0.15, -0.1) is 0 Å². The van der Waals surface area contributed by atoms with Crippen molar-refractivity contribution < 1.29 is 22.7 Å². The van der Waals surface area contributed by atoms with E-state index in [0.717, 1.165) is 12.1 Å². The molecule has 1 aliphatic rings. The van der Waals surface area contributed by atoms with Crippen LogP contribution in [-0.2, 0) is 15.7 Å². The number of ketones is 1. The van der Waals surface area contributed by atoms with E-state index in [1.54, 1.807) is 7.05 Å². The number of halogens is 3. The second kappa shape index (κ2) is 4.36. The van der Waals surface area contributed by atoms with Gasteiger partial charge < -0.3 is 10.1 Å². The van der Waals surface area contributed by atoms with Gasteiger partial charge in [-0.05, 0) is 17.7 Å². The average Bonchev–Trinajstić information content (AvgIpc) is 2.69. The first-order valence-electron chi connectivity index (χ1n) is 5.19. The molecule has 18 heavy (non-hydrogen) atoms. The SMILES string of the molecule is CNC1=C(c2cccc(C(F)(F)F)c2)C(=O)CO1. The summed E-state index contributed by atoms with van der Waals surface area (Å²) in [4.78, 5) is 11.6. The summed E-state index contributed by atoms with van der Waals surface area (Å²) in [5, 5.41) is 2.66. The van der Waals surface area contributed by atoms with Crippen LogP contribution in [0.3, 0.4) is 0 Å². The molecule has 1 aliphatic heterocycles. The zero-order chi connectivity index (χ0) is 13.3. The Kier molecular flexibility index (Phi) is 3.02. The van der Waals surface area contributed by atoms with Crippen LogP contribution in [0, 0.1) is 0 Å². The van der Waals surface area contributed by atoms with Crippen molar-refractivity contribution in [2.24, 2.45) is 0 Å². The van der Waals surface area contributed by atoms with Gasteiger partial charge >= 0.3 is 6.18 Å². The third-order valence-corrected chi connectivity index (χ3v) is 2.56. The molecule has 0 saturated heterocycles. The molecule has 0 spiro atoms. The minimum absolute atomic E-state index is 0.151. The average molecular weight is 257 g/mol. The van der Waals surface area contributed by atoms with Crippen molar-refractivity contribution in [2.45, 2.75) is 6.18 Å². The Bertz CT molecular complexity index is 520. The Morgan fingerprint density at radius 3 is 2.67 bits per heavy atom. The topological polar surface area (TPSA) is 38.3 Å². The maximum atomic E-state index is 12.6. The van der Waals surface area contributed by atoms with E-state index in [4.69, 9.17) is 4.74 Å². The van der Waals surface area contributed by atoms with Crippen LogP contribution in [-0.4, -0.2) is 19.4 Å². The van der Waals surface area contributed by atoms with E-state index in [1.807, 2.05) is 0 Å². The number of carbonyl (C=O) groups is 1. The predicted molar refractivity (Wildman–Crippen MR) is 58.4 cm³/mol. The molecular weight excluding hydrogens is 247 g/mol. The molecule has 1 N–H and O–H groups in total. The Hall–Kier alpha value is -1.98. The Balaban J connectivity index is 2.49. The fourth-order valence-corrected chi connectivity index (χ4v) is 1.75. The molecule has 0 aliphatic carbocycles. The van der Waals surface area contributed by atoms with E-state index in [0.29, 0.717) is 0 Å². The standard InChI is InChI=1S/C12H10F3NO2/c1-16-11-10(9(17)6-18-11)7-3-2-4-8(5-7)12(13,14)15/h2-5,16H,6H2,1H3. The van der Waals surface area contributed by atoms with Crippen molar-refractivity contribution in [1.29, 1.82) is 0 Å². The van der Waals surface area contributed by atoms with E-state index >= 15 is 0 Å². The van der Waals surface area contributed by atoms with Crippen LogP contribution in [0.5, 0.6) is 0 Å². The van der Waals surface area contributed by atoms with E-state index in [2.05, 4.69) is 5.32 Å². The highest BCUT2D eigenvalue weighted by atomic mass is 19.4. The van der Waals surface area contributed by atoms with Gasteiger partial charge in [-0.1, -0.05) is 12.1 Å². The number of Topliss-reactive ketones (excluding diaryl/α,β-unsaturated/α-hetero) is 1. The van der Waals surface area contributed by atoms with Crippen molar-refractivity contribution in [2.75, 3.05) is 13.7 Å². The van der Waals surface area contributed by atoms with Gasteiger partial charge in [0.2, 0.25) is 5.78 Å². The molecule has 1 aromatic rings. The number of rotatable bonds is 2. The normalized spacial score (nSPS) is 15.9. The van der Waals surface area contributed by atoms with E-state index in [-0.39, 0.29) is 29.4 Å². The Morgan fingerprint density at radius 2 is 2.06 bits per heavy atom. The van der Waals surface area contributed by atoms with Gasteiger partial charge in [0.15, 0.2) is 12.5 Å². The number of nitrogens with one attached hydrogen (secondary N) is 1. The largest absolute Gasteiger partial charge is 0.470 e. The van der Waals surface area contributed by atoms with Gasteiger partial charge in [0.05, 0.1) is 11.1 Å². The maximum Gasteiger partial charge on any atom is 0.416 e. The second-order valence-electron chi connectivity index (χ2n) is 3.74. The molecule has 0 bridgehead atoms. The quantitative estimate of drug-likeness (QED) is 0.882. The van der Waals surface area contributed by atoms with Crippen molar-refractivity contribution in [3.05, 3.63) is 41.3 Å². The van der Waals surface area contributed by atoms with Gasteiger partial charge in [-0.2, -0.15) is 13.2 Å². The summed E-state index contributed by atoms with van der Waals surface area (Å²) < 4.78 is 42.8. The molecule has 2 rings (SSSR count). The first-order valence-corrected chi connectivity index (χ1v) is 5.19. The van der Waals surface area contributed by atoms with E-state index in [9.17, 15) is 18.0 Å². The van der Waals surface area contributed by atoms with Crippen LogP contribution in [0.15, 0.2) is 30.1 Å². The molecule has 0 saturated carbocycles. The summed E-state index contributed by atoms with van der Waals surface area (Å²) in [5.41, 5.74) is -0.428. The lowest BCUT2D eigenvalue weighted by Gasteiger charge is -2.09. The molecule has 3 nitrogen and oxygen atoms in total. The van der Waals surface area contributed by atoms with Gasteiger partial charge in [-0.25, -0.2) is 0 Å². The minimum Gasteiger partial charge on any atom is -0.470 e. The first kappa shape index (κ1) is 12.5. The predicted octanol–water partition coefficient (Wildman–Crippen LogP) is 2.19. The Morgan fingerprint density at radius 1 is 1.33 bits per heavy atom. The smallest absolute Gasteiger partial charge is 0.416 e. The Labute approximate surface area is 101 Å². The zero-order valence-corrected chi connectivity index (χ0v) is 9.47. The lowest BCUT2D eigenvalue weighted by Crippen LogP contribution is -2.09. The van der Waals surface area contributed by atoms with Crippen LogP contribution in [0.4, 0.5) is 13.2 Å². The molecular formula is C12H10F3NO2. The van der Waals surface area contributed by atoms with Crippen molar-refractivity contribution in [3.63, 3.8) is 0 Å². The van der Waals surface area contributed by atoms with E-state index in [1.165, 1.54) is 12.1 Å². The number of hydrogen-bond acceptors (Lipinski definition) is 3. The number of benzene rings is 1. The van der Waals surface area contributed by atoms with Gasteiger partial charge in [-0.3, -0.25) is 4.79 Å². The number of hydrogen-bond donors (Lipinski definition) is 1. The fourth-order valence-electron chi connectivity index (χ4n) is 1.75. The van der Waals surface area contributed by atoms with Crippen LogP contribution >= 0.6 is 0 Å². The highest BCUT2D eigenvalue weighted by molar-refractivity contribution is 6.23. The van der Waals surface area contributed by atoms with Crippen molar-refractivity contribution in [1.82, 2.24) is 5.32 Å². The lowest BCUT2D eigenvalue weighted by atomic mass is 10.0. The highest BCUT2D eigenvalue weighted by Gasteiger charge is 2.32. The van der Waals surface area contributed by atoms with Gasteiger partial charge in [0.1, 0.15) is 0 Å². The van der Waals surface area contributed by atoms with Crippen molar-refractivity contribution >= 4 is 11.4 Å². The third-order valence-electron chi connectivity index (χ3n) is 2.56. The lowest BCUT2D eigenvalue weighted by molar-refractivity contribution is -0.137. The number of alkyl halides is 3. The molecule has 0 fully saturated rings. The van der Waals surface area contributed by atoms with Crippen LogP contribution in [0.2, 0.25) is 0 Å². The molecule has 96 valence electrons. The molecule has 6 heteroatoms. The fraction of sp³-hybridized carbons (Fsp3) is 0.250. The third kappa shape index (κ3) is 2.18. The van der Waals surface area contributed by atoms with Crippen LogP contribution < -0.4 is 5.32 Å². The zero-order valence-electron chi connectivity index (χ0n) is 9.47. The molecule has 0 aromatic heterocycles. The molecule has 1 aromatic carbocycles. The molecule has 0 atom stereocenters. The summed E-state index contributed by atoms with van der Waals surface area (Å²) in [6.45, 7) is -0.151. The van der Waals surface area contributed by atoms with Gasteiger partial charge in [0, 0.05) is 7.05 Å². The minimum atomic E-state index is -4.43. The van der Waals surface area contributed by atoms with Gasteiger partial charge in [0.25, 0.3) is 0 Å². The number of ether oxygens (including phenoxy) is 1. The van der Waals surface area contributed by atoms with Crippen molar-refractivity contribution in [3.8, 4) is 0 Å². The molecule has 0 unspecified atom stereocenters. The summed E-state index contributed by atoms with van der Waals surface area (Å²) in [7, 11) is 1.54.